The third-order valence-electron chi connectivity index (χ3n) is 5.46. The number of carbonyl (C=O) groups excluding carboxylic acids is 1. The Bertz CT molecular complexity index is 1150. The number of aromatic nitrogens is 1. The van der Waals surface area contributed by atoms with Gasteiger partial charge in [0.05, 0.1) is 11.1 Å². The molecular formula is C27H36ClN3O4. The third kappa shape index (κ3) is 7.62. The molecule has 1 aromatic heterocycles. The standard InChI is InChI=1S/C27H36ClN3O4/c1-18(30-9-13-34-23-7-6-21(28)17-24(23)35-27(2,3)4)14-19-15-20-8-11-31(10-5-12-32)25(20)22(16-19)26(29)33/h6-8,11,15-18,30,32H,5,9-10,12-14H2,1-4H3,(H2,29,33)/t18-/m1/s1. The third-order valence-corrected chi connectivity index (χ3v) is 5.69. The number of nitrogens with two attached hydrogens (primary N) is 1. The summed E-state index contributed by atoms with van der Waals surface area (Å²) >= 11 is 6.13. The number of carbonyl (C=O) groups is 1. The normalized spacial score (nSPS) is 12.6. The molecule has 190 valence electrons. The number of rotatable bonds is 12. The highest BCUT2D eigenvalue weighted by Crippen LogP contribution is 2.33. The summed E-state index contributed by atoms with van der Waals surface area (Å²) in [4.78, 5) is 12.2. The number of ether oxygens (including phenoxy) is 2. The van der Waals surface area contributed by atoms with Crippen LogP contribution in [-0.4, -0.2) is 47.0 Å². The van der Waals surface area contributed by atoms with Gasteiger partial charge in [-0.3, -0.25) is 4.79 Å². The molecule has 0 spiro atoms. The lowest BCUT2D eigenvalue weighted by Gasteiger charge is -2.23. The van der Waals surface area contributed by atoms with Crippen molar-refractivity contribution in [2.45, 2.75) is 58.7 Å². The molecule has 1 atom stereocenters. The maximum atomic E-state index is 12.2. The summed E-state index contributed by atoms with van der Waals surface area (Å²) in [5, 5.41) is 14.2. The van der Waals surface area contributed by atoms with Gasteiger partial charge in [0, 0.05) is 48.4 Å². The van der Waals surface area contributed by atoms with Crippen molar-refractivity contribution >= 4 is 28.4 Å². The van der Waals surface area contributed by atoms with Crippen LogP contribution in [0.25, 0.3) is 10.9 Å². The Morgan fingerprint density at radius 2 is 1.97 bits per heavy atom. The molecule has 0 fully saturated rings. The highest BCUT2D eigenvalue weighted by molar-refractivity contribution is 6.30. The smallest absolute Gasteiger partial charge is 0.250 e. The predicted molar refractivity (Wildman–Crippen MR) is 141 cm³/mol. The maximum Gasteiger partial charge on any atom is 0.250 e. The van der Waals surface area contributed by atoms with E-state index in [1.54, 1.807) is 12.1 Å². The number of benzene rings is 2. The van der Waals surface area contributed by atoms with Gasteiger partial charge < -0.3 is 30.2 Å². The van der Waals surface area contributed by atoms with Gasteiger partial charge in [0.25, 0.3) is 5.91 Å². The highest BCUT2D eigenvalue weighted by atomic mass is 35.5. The first kappa shape index (κ1) is 26.9. The van der Waals surface area contributed by atoms with Gasteiger partial charge in [0.1, 0.15) is 12.2 Å². The van der Waals surface area contributed by atoms with Crippen LogP contribution in [0.5, 0.6) is 11.5 Å². The predicted octanol–water partition coefficient (Wildman–Crippen LogP) is 4.55. The number of primary amides is 1. The average molecular weight is 502 g/mol. The number of aliphatic hydroxyl groups excluding tert-OH is 1. The van der Waals surface area contributed by atoms with Crippen molar-refractivity contribution in [2.24, 2.45) is 5.73 Å². The van der Waals surface area contributed by atoms with Crippen LogP contribution in [0.3, 0.4) is 0 Å². The van der Waals surface area contributed by atoms with Gasteiger partial charge in [-0.05, 0) is 76.4 Å². The summed E-state index contributed by atoms with van der Waals surface area (Å²) in [6.07, 6.45) is 3.29. The lowest BCUT2D eigenvalue weighted by Crippen LogP contribution is -2.32. The van der Waals surface area contributed by atoms with Gasteiger partial charge in [-0.1, -0.05) is 11.6 Å². The van der Waals surface area contributed by atoms with E-state index in [4.69, 9.17) is 31.9 Å². The molecule has 0 aliphatic carbocycles. The van der Waals surface area contributed by atoms with Crippen LogP contribution in [0.2, 0.25) is 5.02 Å². The van der Waals surface area contributed by atoms with Crippen molar-refractivity contribution in [3.05, 3.63) is 58.7 Å². The number of aryl methyl sites for hydroxylation is 1. The first-order valence-electron chi connectivity index (χ1n) is 11.9. The monoisotopic (exact) mass is 501 g/mol. The topological polar surface area (TPSA) is 98.7 Å². The first-order valence-corrected chi connectivity index (χ1v) is 12.3. The zero-order chi connectivity index (χ0) is 25.6. The molecule has 0 aliphatic heterocycles. The van der Waals surface area contributed by atoms with Gasteiger partial charge in [-0.25, -0.2) is 0 Å². The minimum Gasteiger partial charge on any atom is -0.488 e. The SMILES string of the molecule is C[C@H](Cc1cc(C(N)=O)c2c(ccn2CCCO)c1)NCCOc1ccc(Cl)cc1OC(C)(C)C. The fourth-order valence-electron chi connectivity index (χ4n) is 4.05. The molecule has 0 bridgehead atoms. The van der Waals surface area contributed by atoms with Crippen molar-refractivity contribution in [3.8, 4) is 11.5 Å². The zero-order valence-electron chi connectivity index (χ0n) is 20.9. The highest BCUT2D eigenvalue weighted by Gasteiger charge is 2.17. The van der Waals surface area contributed by atoms with Gasteiger partial charge in [0.15, 0.2) is 11.5 Å². The molecule has 0 radical (unpaired) electrons. The van der Waals surface area contributed by atoms with Crippen LogP contribution >= 0.6 is 11.6 Å². The molecule has 3 aromatic rings. The van der Waals surface area contributed by atoms with E-state index in [9.17, 15) is 4.79 Å². The van der Waals surface area contributed by atoms with Crippen LogP contribution in [0.4, 0.5) is 0 Å². The van der Waals surface area contributed by atoms with Gasteiger partial charge >= 0.3 is 0 Å². The van der Waals surface area contributed by atoms with Gasteiger partial charge in [0.2, 0.25) is 0 Å². The van der Waals surface area contributed by atoms with Crippen LogP contribution in [-0.2, 0) is 13.0 Å². The Labute approximate surface area is 212 Å². The van der Waals surface area contributed by atoms with Crippen molar-refractivity contribution in [1.29, 1.82) is 0 Å². The van der Waals surface area contributed by atoms with Gasteiger partial charge in [-0.15, -0.1) is 0 Å². The van der Waals surface area contributed by atoms with Crippen molar-refractivity contribution < 1.29 is 19.4 Å². The number of nitrogens with zero attached hydrogens (tertiary/aromatic N) is 1. The minimum atomic E-state index is -0.453. The number of halogens is 1. The van der Waals surface area contributed by atoms with Crippen molar-refractivity contribution in [3.63, 3.8) is 0 Å². The lowest BCUT2D eigenvalue weighted by atomic mass is 10.0. The van der Waals surface area contributed by atoms with Crippen molar-refractivity contribution in [1.82, 2.24) is 9.88 Å². The number of amides is 1. The van der Waals surface area contributed by atoms with E-state index < -0.39 is 5.91 Å². The van der Waals surface area contributed by atoms with Crippen LogP contribution in [0.1, 0.15) is 50.0 Å². The second-order valence-corrected chi connectivity index (χ2v) is 10.2. The molecular weight excluding hydrogens is 466 g/mol. The number of hydrogen-bond donors (Lipinski definition) is 3. The van der Waals surface area contributed by atoms with E-state index in [2.05, 4.69) is 18.3 Å². The summed E-state index contributed by atoms with van der Waals surface area (Å²) in [5.74, 6) is 0.823. The Balaban J connectivity index is 1.60. The Morgan fingerprint density at radius 1 is 1.20 bits per heavy atom. The first-order chi connectivity index (χ1) is 16.6. The summed E-state index contributed by atoms with van der Waals surface area (Å²) in [5.41, 5.74) is 7.69. The minimum absolute atomic E-state index is 0.0967. The van der Waals surface area contributed by atoms with E-state index in [-0.39, 0.29) is 18.2 Å². The summed E-state index contributed by atoms with van der Waals surface area (Å²) < 4.78 is 13.9. The molecule has 0 unspecified atom stereocenters. The summed E-state index contributed by atoms with van der Waals surface area (Å²) in [7, 11) is 0. The Morgan fingerprint density at radius 3 is 2.66 bits per heavy atom. The lowest BCUT2D eigenvalue weighted by molar-refractivity contribution is 0.100. The van der Waals surface area contributed by atoms with Crippen LogP contribution in [0.15, 0.2) is 42.6 Å². The number of hydrogen-bond acceptors (Lipinski definition) is 5. The molecule has 4 N–H and O–H groups in total. The molecule has 0 saturated carbocycles. The Kier molecular flexibility index (Phi) is 9.05. The number of fused-ring (bicyclic) bond motifs is 1. The van der Waals surface area contributed by atoms with Gasteiger partial charge in [-0.2, -0.15) is 0 Å². The largest absolute Gasteiger partial charge is 0.488 e. The molecule has 1 heterocycles. The van der Waals surface area contributed by atoms with E-state index >= 15 is 0 Å². The molecule has 1 amide bonds. The molecule has 7 nitrogen and oxygen atoms in total. The second kappa shape index (κ2) is 11.8. The maximum absolute atomic E-state index is 12.2. The summed E-state index contributed by atoms with van der Waals surface area (Å²) in [6.45, 7) is 9.86. The Hall–Kier alpha value is -2.74. The number of nitrogens with one attached hydrogen (secondary N) is 1. The van der Waals surface area contributed by atoms with Crippen molar-refractivity contribution in [2.75, 3.05) is 19.8 Å². The quantitative estimate of drug-likeness (QED) is 0.316. The molecule has 2 aromatic carbocycles. The average Bonchev–Trinajstić information content (AvgIpc) is 3.17. The van der Waals surface area contributed by atoms with E-state index in [0.29, 0.717) is 48.2 Å². The van der Waals surface area contributed by atoms with E-state index in [1.165, 1.54) is 0 Å². The fourth-order valence-corrected chi connectivity index (χ4v) is 4.21. The molecule has 8 heteroatoms. The molecule has 0 saturated heterocycles. The molecule has 35 heavy (non-hydrogen) atoms. The summed E-state index contributed by atoms with van der Waals surface area (Å²) in [6, 6.07) is 11.5. The van der Waals surface area contributed by atoms with E-state index in [1.807, 2.05) is 49.7 Å². The van der Waals surface area contributed by atoms with Crippen LogP contribution in [0, 0.1) is 0 Å². The molecule has 0 aliphatic rings. The molecule has 3 rings (SSSR count). The van der Waals surface area contributed by atoms with E-state index in [0.717, 1.165) is 22.9 Å². The zero-order valence-corrected chi connectivity index (χ0v) is 21.7. The van der Waals surface area contributed by atoms with Crippen LogP contribution < -0.4 is 20.5 Å². The fraction of sp³-hybridized carbons (Fsp3) is 0.444. The second-order valence-electron chi connectivity index (χ2n) is 9.75. The number of aliphatic hydroxyl groups is 1.